The number of benzene rings is 2. The Morgan fingerprint density at radius 3 is 2.61 bits per heavy atom. The number of aromatic nitrogens is 3. The van der Waals surface area contributed by atoms with E-state index in [1.807, 2.05) is 30.3 Å². The van der Waals surface area contributed by atoms with E-state index in [0.717, 1.165) is 21.3 Å². The number of aromatic amines is 1. The van der Waals surface area contributed by atoms with Gasteiger partial charge in [-0.2, -0.15) is 15.4 Å². The van der Waals surface area contributed by atoms with Crippen molar-refractivity contribution < 1.29 is 11.0 Å². The third kappa shape index (κ3) is 2.52. The lowest BCUT2D eigenvalue weighted by Crippen LogP contribution is -2.46. The Hall–Kier alpha value is -4.00. The summed E-state index contributed by atoms with van der Waals surface area (Å²) in [6.45, 7) is 0. The van der Waals surface area contributed by atoms with Crippen LogP contribution in [0, 0.1) is 0 Å². The monoisotopic (exact) mass is 370 g/mol. The lowest BCUT2D eigenvalue weighted by Gasteiger charge is -2.27. The van der Waals surface area contributed by atoms with Crippen LogP contribution in [0.4, 0.5) is 0 Å². The second-order valence-corrected chi connectivity index (χ2v) is 6.46. The zero-order valence-corrected chi connectivity index (χ0v) is 14.6. The van der Waals surface area contributed by atoms with Gasteiger partial charge in [0.15, 0.2) is 1.41 Å². The largest absolute Gasteiger partial charge is 0.367 e. The number of fused-ring (bicyclic) bond motifs is 1. The average Bonchev–Trinajstić information content (AvgIpc) is 3.37. The Balaban J connectivity index is 1.52. The summed E-state index contributed by atoms with van der Waals surface area (Å²) in [5.41, 5.74) is 3.69. The van der Waals surface area contributed by atoms with Gasteiger partial charge in [-0.1, -0.05) is 36.4 Å². The van der Waals surface area contributed by atoms with Gasteiger partial charge in [-0.25, -0.2) is 4.90 Å². The normalized spacial score (nSPS) is 18.9. The molecule has 1 atom stereocenters. The lowest BCUT2D eigenvalue weighted by molar-refractivity contribution is 0.0601. The van der Waals surface area contributed by atoms with Crippen molar-refractivity contribution in [2.45, 2.75) is 6.17 Å². The number of carbonyl (C=O) groups excluding carboxylic acids is 2. The number of rotatable bonds is 3. The smallest absolute Gasteiger partial charge is 0.263 e. The van der Waals surface area contributed by atoms with E-state index in [9.17, 15) is 9.59 Å². The van der Waals surface area contributed by atoms with Crippen LogP contribution >= 0.6 is 0 Å². The molecular weight excluding hydrogens is 354 g/mol. The Morgan fingerprint density at radius 1 is 1.00 bits per heavy atom. The third-order valence-electron chi connectivity index (χ3n) is 4.82. The quantitative estimate of drug-likeness (QED) is 0.692. The van der Waals surface area contributed by atoms with Gasteiger partial charge in [0.1, 0.15) is 11.9 Å². The molecule has 0 bridgehead atoms. The third-order valence-corrected chi connectivity index (χ3v) is 4.82. The highest BCUT2D eigenvalue weighted by molar-refractivity contribution is 6.22. The Morgan fingerprint density at radius 2 is 1.82 bits per heavy atom. The molecule has 5 rings (SSSR count). The summed E-state index contributed by atoms with van der Waals surface area (Å²) in [7, 11) is 0. The van der Waals surface area contributed by atoms with E-state index >= 15 is 0 Å². The predicted molar refractivity (Wildman–Crippen MR) is 103 cm³/mol. The van der Waals surface area contributed by atoms with Crippen LogP contribution in [0.3, 0.4) is 0 Å². The van der Waals surface area contributed by atoms with Crippen molar-refractivity contribution in [3.05, 3.63) is 89.8 Å². The van der Waals surface area contributed by atoms with Crippen LogP contribution in [0.2, 0.25) is 1.41 Å². The lowest BCUT2D eigenvalue weighted by atomic mass is 10.0. The number of hydrogen-bond acceptors (Lipinski definition) is 5. The van der Waals surface area contributed by atoms with Gasteiger partial charge in [-0.05, 0) is 41.6 Å². The number of amides is 2. The van der Waals surface area contributed by atoms with Gasteiger partial charge in [-0.3, -0.25) is 9.59 Å². The fourth-order valence-electron chi connectivity index (χ4n) is 3.43. The van der Waals surface area contributed by atoms with Crippen molar-refractivity contribution in [1.29, 1.82) is 0 Å². The topological polar surface area (TPSA) is 91.0 Å². The van der Waals surface area contributed by atoms with Crippen molar-refractivity contribution in [1.82, 2.24) is 25.6 Å². The summed E-state index contributed by atoms with van der Waals surface area (Å²) >= 11 is 0. The van der Waals surface area contributed by atoms with E-state index in [-0.39, 0.29) is 0 Å². The maximum atomic E-state index is 13.1. The van der Waals surface area contributed by atoms with Crippen molar-refractivity contribution in [2.75, 3.05) is 0 Å². The number of dihydropyridines is 1. The minimum absolute atomic E-state index is 0.299. The molecule has 0 saturated carbocycles. The molecular formula is C21H15N5O2. The number of nitrogens with one attached hydrogen (secondary N) is 2. The molecule has 0 radical (unpaired) electrons. The molecule has 3 aromatic rings. The molecule has 0 aliphatic carbocycles. The van der Waals surface area contributed by atoms with Crippen LogP contribution in [0.25, 0.3) is 16.8 Å². The number of nitrogens with zero attached hydrogens (tertiary/aromatic N) is 3. The molecule has 3 heterocycles. The SMILES string of the molecule is [2H]N1C=CC(c2ccccc2)=CC1N1C(=O)c2ccc(-c3cn[nH]n3)cc2C1=O. The maximum Gasteiger partial charge on any atom is 0.263 e. The zero-order chi connectivity index (χ0) is 20.0. The maximum absolute atomic E-state index is 13.1. The van der Waals surface area contributed by atoms with Crippen LogP contribution in [0.5, 0.6) is 0 Å². The highest BCUT2D eigenvalue weighted by atomic mass is 16.2. The molecule has 1 aromatic heterocycles. The summed E-state index contributed by atoms with van der Waals surface area (Å²) < 4.78 is 8.22. The summed E-state index contributed by atoms with van der Waals surface area (Å²) in [6.07, 6.45) is 5.81. The molecule has 0 spiro atoms. The van der Waals surface area contributed by atoms with Gasteiger partial charge in [0.05, 0.1) is 17.3 Å². The van der Waals surface area contributed by atoms with Crippen LogP contribution in [0.15, 0.2) is 73.1 Å². The number of allylic oxidation sites excluding steroid dienone is 2. The van der Waals surface area contributed by atoms with Crippen molar-refractivity contribution in [3.63, 3.8) is 0 Å². The molecule has 0 fully saturated rings. The number of H-pyrrole nitrogens is 1. The van der Waals surface area contributed by atoms with Gasteiger partial charge in [-0.15, -0.1) is 0 Å². The van der Waals surface area contributed by atoms with E-state index in [1.165, 1.54) is 0 Å². The molecule has 1 unspecified atom stereocenters. The standard InChI is InChI=1S/C21H15N5O2/c27-20-16-7-6-15(18-12-23-25-24-18)10-17(16)21(28)26(20)19-11-14(8-9-22-19)13-4-2-1-3-5-13/h1-12,19,22H,(H,23,24,25)/i/hD. The summed E-state index contributed by atoms with van der Waals surface area (Å²) in [5.74, 6) is -0.852. The van der Waals surface area contributed by atoms with Gasteiger partial charge < -0.3 is 5.31 Å². The zero-order valence-electron chi connectivity index (χ0n) is 15.6. The second-order valence-electron chi connectivity index (χ2n) is 6.46. The predicted octanol–water partition coefficient (Wildman–Crippen LogP) is 2.59. The summed E-state index contributed by atoms with van der Waals surface area (Å²) in [5, 5.41) is 11.4. The Bertz CT molecular complexity index is 1170. The first-order chi connectivity index (χ1) is 14.1. The molecule has 2 N–H and O–H groups in total. The number of hydrogen-bond donors (Lipinski definition) is 2. The van der Waals surface area contributed by atoms with Crippen LogP contribution in [-0.2, 0) is 0 Å². The minimum Gasteiger partial charge on any atom is -0.367 e. The van der Waals surface area contributed by atoms with Crippen LogP contribution in [0.1, 0.15) is 26.3 Å². The number of carbonyl (C=O) groups is 2. The van der Waals surface area contributed by atoms with Gasteiger partial charge >= 0.3 is 0 Å². The highest BCUT2D eigenvalue weighted by Crippen LogP contribution is 2.30. The second kappa shape index (κ2) is 6.31. The summed E-state index contributed by atoms with van der Waals surface area (Å²) in [6, 6.07) is 14.6. The minimum atomic E-state index is -0.835. The van der Waals surface area contributed by atoms with Gasteiger partial charge in [0.25, 0.3) is 11.8 Å². The van der Waals surface area contributed by atoms with E-state index < -0.39 is 18.0 Å². The molecule has 0 saturated heterocycles. The van der Waals surface area contributed by atoms with Crippen molar-refractivity contribution in [2.24, 2.45) is 0 Å². The highest BCUT2D eigenvalue weighted by Gasteiger charge is 2.40. The molecule has 2 amide bonds. The van der Waals surface area contributed by atoms with Gasteiger partial charge in [0.2, 0.25) is 0 Å². The van der Waals surface area contributed by atoms with Crippen LogP contribution < -0.4 is 5.31 Å². The number of imide groups is 1. The first-order valence-electron chi connectivity index (χ1n) is 9.19. The first kappa shape index (κ1) is 15.1. The molecule has 2 aliphatic heterocycles. The van der Waals surface area contributed by atoms with E-state index in [2.05, 4.69) is 15.4 Å². The fraction of sp³-hybridized carbons (Fsp3) is 0.0476. The van der Waals surface area contributed by atoms with Crippen molar-refractivity contribution >= 4 is 17.4 Å². The molecule has 7 heteroatoms. The van der Waals surface area contributed by atoms with Crippen molar-refractivity contribution in [3.8, 4) is 11.3 Å². The van der Waals surface area contributed by atoms with Crippen LogP contribution in [-0.4, -0.2) is 38.3 Å². The molecule has 28 heavy (non-hydrogen) atoms. The molecule has 2 aromatic carbocycles. The van der Waals surface area contributed by atoms with E-state index in [4.69, 9.17) is 1.41 Å². The average molecular weight is 370 g/mol. The summed E-state index contributed by atoms with van der Waals surface area (Å²) in [4.78, 5) is 27.2. The fourth-order valence-corrected chi connectivity index (χ4v) is 3.43. The Kier molecular flexibility index (Phi) is 3.40. The molecule has 2 aliphatic rings. The van der Waals surface area contributed by atoms with Gasteiger partial charge in [0, 0.05) is 5.56 Å². The van der Waals surface area contributed by atoms with E-state index in [0.29, 0.717) is 22.4 Å². The first-order valence-corrected chi connectivity index (χ1v) is 8.74. The molecule has 7 nitrogen and oxygen atoms in total. The molecule has 136 valence electrons. The Labute approximate surface area is 161 Å². The van der Waals surface area contributed by atoms with E-state index in [1.54, 1.807) is 42.7 Å².